The Labute approximate surface area is 107 Å². The topological polar surface area (TPSA) is 20.3 Å². The molecule has 0 fully saturated rings. The van der Waals surface area contributed by atoms with Crippen molar-refractivity contribution < 1.29 is 4.79 Å². The molecule has 0 bridgehead atoms. The zero-order valence-electron chi connectivity index (χ0n) is 8.14. The number of hydrogen-bond acceptors (Lipinski definition) is 1. The second-order valence-corrected chi connectivity index (χ2v) is 4.60. The lowest BCUT2D eigenvalue weighted by Crippen LogP contribution is -2.28. The van der Waals surface area contributed by atoms with Gasteiger partial charge in [-0.3, -0.25) is 4.79 Å². The highest BCUT2D eigenvalue weighted by Crippen LogP contribution is 2.26. The number of halogens is 3. The van der Waals surface area contributed by atoms with Gasteiger partial charge in [-0.25, -0.2) is 0 Å². The van der Waals surface area contributed by atoms with E-state index in [9.17, 15) is 4.79 Å². The molecule has 0 aromatic heterocycles. The van der Waals surface area contributed by atoms with Crippen molar-refractivity contribution in [1.82, 2.24) is 4.90 Å². The van der Waals surface area contributed by atoms with Gasteiger partial charge in [0.05, 0.1) is 15.6 Å². The fraction of sp³-hybridized carbons (Fsp3) is 0.300. The van der Waals surface area contributed by atoms with Gasteiger partial charge in [0.1, 0.15) is 0 Å². The zero-order valence-corrected chi connectivity index (χ0v) is 11.2. The van der Waals surface area contributed by atoms with Crippen molar-refractivity contribution in [3.63, 3.8) is 0 Å². The molecule has 5 heteroatoms. The average molecular weight is 311 g/mol. The van der Waals surface area contributed by atoms with Crippen molar-refractivity contribution in [2.24, 2.45) is 0 Å². The summed E-state index contributed by atoms with van der Waals surface area (Å²) in [6.45, 7) is 0.627. The van der Waals surface area contributed by atoms with Gasteiger partial charge in [-0.1, -0.05) is 45.2 Å². The summed E-state index contributed by atoms with van der Waals surface area (Å²) in [6.07, 6.45) is 0. The summed E-state index contributed by atoms with van der Waals surface area (Å²) in [5, 5.41) is 1.44. The molecule has 82 valence electrons. The first-order valence-electron chi connectivity index (χ1n) is 4.33. The van der Waals surface area contributed by atoms with Crippen LogP contribution in [0.4, 0.5) is 0 Å². The van der Waals surface area contributed by atoms with Crippen LogP contribution in [0, 0.1) is 0 Å². The van der Waals surface area contributed by atoms with Crippen LogP contribution in [0.2, 0.25) is 10.0 Å². The minimum Gasteiger partial charge on any atom is -0.341 e. The molecular weight excluding hydrogens is 301 g/mol. The number of rotatable bonds is 3. The van der Waals surface area contributed by atoms with E-state index in [-0.39, 0.29) is 5.91 Å². The predicted molar refractivity (Wildman–Crippen MR) is 67.2 cm³/mol. The van der Waals surface area contributed by atoms with Gasteiger partial charge in [-0.2, -0.15) is 0 Å². The number of amides is 1. The highest BCUT2D eigenvalue weighted by molar-refractivity contribution is 9.09. The van der Waals surface area contributed by atoms with Crippen molar-refractivity contribution in [1.29, 1.82) is 0 Å². The number of hydrogen-bond donors (Lipinski definition) is 0. The van der Waals surface area contributed by atoms with E-state index >= 15 is 0 Å². The minimum atomic E-state index is -0.123. The van der Waals surface area contributed by atoms with Gasteiger partial charge >= 0.3 is 0 Å². The van der Waals surface area contributed by atoms with Crippen molar-refractivity contribution >= 4 is 45.0 Å². The van der Waals surface area contributed by atoms with E-state index < -0.39 is 0 Å². The molecule has 1 aromatic rings. The van der Waals surface area contributed by atoms with Gasteiger partial charge in [0, 0.05) is 18.9 Å². The summed E-state index contributed by atoms with van der Waals surface area (Å²) in [5.41, 5.74) is 0.438. The molecule has 1 aromatic carbocycles. The minimum absolute atomic E-state index is 0.123. The third-order valence-corrected chi connectivity index (χ3v) is 3.12. The van der Waals surface area contributed by atoms with Crippen molar-refractivity contribution in [3.8, 4) is 0 Å². The van der Waals surface area contributed by atoms with Gasteiger partial charge in [0.25, 0.3) is 5.91 Å². The molecule has 0 unspecified atom stereocenters. The maximum atomic E-state index is 11.9. The molecule has 0 heterocycles. The molecule has 0 aliphatic heterocycles. The van der Waals surface area contributed by atoms with Crippen LogP contribution in [-0.4, -0.2) is 29.7 Å². The molecule has 0 aliphatic carbocycles. The Hall–Kier alpha value is -0.250. The molecule has 1 amide bonds. The van der Waals surface area contributed by atoms with Crippen LogP contribution in [0.15, 0.2) is 18.2 Å². The third-order valence-electron chi connectivity index (χ3n) is 1.95. The number of alkyl halides is 1. The largest absolute Gasteiger partial charge is 0.341 e. The third kappa shape index (κ3) is 3.10. The first-order valence-corrected chi connectivity index (χ1v) is 6.21. The summed E-state index contributed by atoms with van der Waals surface area (Å²) in [5.74, 6) is -0.123. The van der Waals surface area contributed by atoms with E-state index in [1.165, 1.54) is 0 Å². The quantitative estimate of drug-likeness (QED) is 0.783. The molecule has 0 N–H and O–H groups in total. The van der Waals surface area contributed by atoms with Gasteiger partial charge in [0.2, 0.25) is 0 Å². The van der Waals surface area contributed by atoms with Gasteiger partial charge < -0.3 is 4.90 Å². The maximum Gasteiger partial charge on any atom is 0.255 e. The van der Waals surface area contributed by atoms with Crippen molar-refractivity contribution in [2.75, 3.05) is 18.9 Å². The first kappa shape index (κ1) is 12.8. The lowest BCUT2D eigenvalue weighted by Gasteiger charge is -2.16. The van der Waals surface area contributed by atoms with Crippen LogP contribution >= 0.6 is 39.1 Å². The van der Waals surface area contributed by atoms with E-state index in [1.807, 2.05) is 0 Å². The van der Waals surface area contributed by atoms with E-state index in [0.29, 0.717) is 22.2 Å². The lowest BCUT2D eigenvalue weighted by atomic mass is 10.2. The number of benzene rings is 1. The number of carbonyl (C=O) groups excluding carboxylic acids is 1. The van der Waals surface area contributed by atoms with E-state index in [4.69, 9.17) is 23.2 Å². The van der Waals surface area contributed by atoms with E-state index in [0.717, 1.165) is 5.33 Å². The Morgan fingerprint density at radius 2 is 2.13 bits per heavy atom. The Morgan fingerprint density at radius 3 is 2.73 bits per heavy atom. The second-order valence-electron chi connectivity index (χ2n) is 3.02. The molecule has 1 rings (SSSR count). The first-order chi connectivity index (χ1) is 7.07. The van der Waals surface area contributed by atoms with Crippen molar-refractivity contribution in [2.45, 2.75) is 0 Å². The summed E-state index contributed by atoms with van der Waals surface area (Å²) in [4.78, 5) is 13.5. The summed E-state index contributed by atoms with van der Waals surface area (Å²) < 4.78 is 0. The molecule has 15 heavy (non-hydrogen) atoms. The molecule has 0 radical (unpaired) electrons. The highest BCUT2D eigenvalue weighted by atomic mass is 79.9. The van der Waals surface area contributed by atoms with Gasteiger partial charge in [-0.15, -0.1) is 0 Å². The Bertz CT molecular complexity index is 370. The molecular formula is C10H10BrCl2NO. The molecule has 0 spiro atoms. The number of nitrogens with zero attached hydrogens (tertiary/aromatic N) is 1. The van der Waals surface area contributed by atoms with Crippen LogP contribution in [0.25, 0.3) is 0 Å². The van der Waals surface area contributed by atoms with Crippen LogP contribution in [0.3, 0.4) is 0 Å². The lowest BCUT2D eigenvalue weighted by molar-refractivity contribution is 0.0804. The number of carbonyl (C=O) groups is 1. The maximum absolute atomic E-state index is 11.9. The Balaban J connectivity index is 2.96. The van der Waals surface area contributed by atoms with Gasteiger partial charge in [-0.05, 0) is 12.1 Å². The normalized spacial score (nSPS) is 10.1. The highest BCUT2D eigenvalue weighted by Gasteiger charge is 2.15. The van der Waals surface area contributed by atoms with Gasteiger partial charge in [0.15, 0.2) is 0 Å². The molecule has 0 saturated heterocycles. The smallest absolute Gasteiger partial charge is 0.255 e. The van der Waals surface area contributed by atoms with Crippen LogP contribution in [0.1, 0.15) is 10.4 Å². The summed E-state index contributed by atoms with van der Waals surface area (Å²) in [7, 11) is 1.72. The summed E-state index contributed by atoms with van der Waals surface area (Å²) in [6, 6.07) is 5.04. The molecule has 0 saturated carbocycles. The Morgan fingerprint density at radius 1 is 1.47 bits per heavy atom. The second kappa shape index (κ2) is 5.73. The SMILES string of the molecule is CN(CCBr)C(=O)c1cccc(Cl)c1Cl. The van der Waals surface area contributed by atoms with E-state index in [2.05, 4.69) is 15.9 Å². The van der Waals surface area contributed by atoms with Crippen LogP contribution < -0.4 is 0 Å². The predicted octanol–water partition coefficient (Wildman–Crippen LogP) is 3.46. The van der Waals surface area contributed by atoms with Crippen LogP contribution in [0.5, 0.6) is 0 Å². The van der Waals surface area contributed by atoms with Crippen molar-refractivity contribution in [3.05, 3.63) is 33.8 Å². The van der Waals surface area contributed by atoms with Crippen LogP contribution in [-0.2, 0) is 0 Å². The zero-order chi connectivity index (χ0) is 11.4. The molecule has 0 atom stereocenters. The standard InChI is InChI=1S/C10H10BrCl2NO/c1-14(6-5-11)10(15)7-3-2-4-8(12)9(7)13/h2-4H,5-6H2,1H3. The molecule has 2 nitrogen and oxygen atoms in total. The monoisotopic (exact) mass is 309 g/mol. The fourth-order valence-corrected chi connectivity index (χ4v) is 2.02. The van der Waals surface area contributed by atoms with E-state index in [1.54, 1.807) is 30.1 Å². The summed E-state index contributed by atoms with van der Waals surface area (Å²) >= 11 is 15.0. The Kier molecular flexibility index (Phi) is 4.90. The molecule has 0 aliphatic rings. The average Bonchev–Trinajstić information content (AvgIpc) is 2.21. The fourth-order valence-electron chi connectivity index (χ4n) is 1.10.